The number of nitrogens with one attached hydrogen (secondary N) is 1. The predicted molar refractivity (Wildman–Crippen MR) is 71.2 cm³/mol. The molecule has 1 heterocycles. The Kier molecular flexibility index (Phi) is 4.45. The standard InChI is InChI=1S/C14H28N2O/c1-5-17-13-8-12(9-13)16-7-6-14(15-4)10(2)11(16)3/h10-15H,5-9H2,1-4H3. The van der Waals surface area contributed by atoms with E-state index in [-0.39, 0.29) is 0 Å². The summed E-state index contributed by atoms with van der Waals surface area (Å²) in [5, 5.41) is 3.46. The maximum Gasteiger partial charge on any atom is 0.0604 e. The van der Waals surface area contributed by atoms with Crippen molar-refractivity contribution in [2.75, 3.05) is 20.2 Å². The molecule has 3 atom stereocenters. The normalized spacial score (nSPS) is 43.4. The Morgan fingerprint density at radius 3 is 2.59 bits per heavy atom. The van der Waals surface area contributed by atoms with E-state index >= 15 is 0 Å². The number of piperidine rings is 1. The predicted octanol–water partition coefficient (Wildman–Crippen LogP) is 1.87. The Balaban J connectivity index is 1.83. The Hall–Kier alpha value is -0.120. The van der Waals surface area contributed by atoms with Gasteiger partial charge < -0.3 is 10.1 Å². The lowest BCUT2D eigenvalue weighted by Gasteiger charge is -2.51. The van der Waals surface area contributed by atoms with Crippen LogP contribution in [0.3, 0.4) is 0 Å². The van der Waals surface area contributed by atoms with Gasteiger partial charge in [0.25, 0.3) is 0 Å². The van der Waals surface area contributed by atoms with E-state index in [4.69, 9.17) is 4.74 Å². The maximum atomic E-state index is 5.66. The van der Waals surface area contributed by atoms with E-state index in [1.165, 1.54) is 25.8 Å². The summed E-state index contributed by atoms with van der Waals surface area (Å²) in [5.74, 6) is 0.750. The lowest BCUT2D eigenvalue weighted by Crippen LogP contribution is -2.59. The molecule has 2 fully saturated rings. The first-order valence-corrected chi connectivity index (χ1v) is 7.22. The summed E-state index contributed by atoms with van der Waals surface area (Å²) in [6, 6.07) is 2.18. The van der Waals surface area contributed by atoms with Gasteiger partial charge in [-0.25, -0.2) is 0 Å². The van der Waals surface area contributed by atoms with Gasteiger partial charge in [0.05, 0.1) is 6.10 Å². The number of rotatable bonds is 4. The van der Waals surface area contributed by atoms with Crippen LogP contribution in [0.25, 0.3) is 0 Å². The average Bonchev–Trinajstić information content (AvgIpc) is 2.28. The van der Waals surface area contributed by atoms with Crippen LogP contribution in [0.4, 0.5) is 0 Å². The molecule has 1 aliphatic heterocycles. The third kappa shape index (κ3) is 2.67. The first kappa shape index (κ1) is 13.3. The van der Waals surface area contributed by atoms with Crippen LogP contribution in [-0.4, -0.2) is 49.3 Å². The molecule has 3 nitrogen and oxygen atoms in total. The molecule has 0 aromatic heterocycles. The van der Waals surface area contributed by atoms with Gasteiger partial charge in [-0.05, 0) is 46.1 Å². The minimum absolute atomic E-state index is 0.537. The van der Waals surface area contributed by atoms with Crippen molar-refractivity contribution < 1.29 is 4.74 Å². The topological polar surface area (TPSA) is 24.5 Å². The Morgan fingerprint density at radius 2 is 2.00 bits per heavy atom. The number of hydrogen-bond donors (Lipinski definition) is 1. The first-order chi connectivity index (χ1) is 8.17. The SMILES string of the molecule is CCOC1CC(N2CCC(NC)C(C)C2C)C1. The van der Waals surface area contributed by atoms with Gasteiger partial charge >= 0.3 is 0 Å². The van der Waals surface area contributed by atoms with E-state index < -0.39 is 0 Å². The molecule has 1 saturated heterocycles. The van der Waals surface area contributed by atoms with E-state index in [9.17, 15) is 0 Å². The number of likely N-dealkylation sites (tertiary alicyclic amines) is 1. The molecular formula is C14H28N2O. The summed E-state index contributed by atoms with van der Waals surface area (Å²) in [6.07, 6.45) is 4.32. The van der Waals surface area contributed by atoms with Crippen LogP contribution in [0.5, 0.6) is 0 Å². The van der Waals surface area contributed by atoms with Crippen molar-refractivity contribution in [1.29, 1.82) is 0 Å². The zero-order valence-corrected chi connectivity index (χ0v) is 11.8. The van der Waals surface area contributed by atoms with Gasteiger partial charge in [0.2, 0.25) is 0 Å². The smallest absolute Gasteiger partial charge is 0.0604 e. The molecular weight excluding hydrogens is 212 g/mol. The van der Waals surface area contributed by atoms with Crippen molar-refractivity contribution >= 4 is 0 Å². The van der Waals surface area contributed by atoms with Gasteiger partial charge in [0, 0.05) is 31.3 Å². The maximum absolute atomic E-state index is 5.66. The fourth-order valence-corrected chi connectivity index (χ4v) is 3.50. The molecule has 1 N–H and O–H groups in total. The number of nitrogens with zero attached hydrogens (tertiary/aromatic N) is 1. The van der Waals surface area contributed by atoms with Crippen molar-refractivity contribution in [3.8, 4) is 0 Å². The molecule has 0 amide bonds. The van der Waals surface area contributed by atoms with Crippen molar-refractivity contribution in [1.82, 2.24) is 10.2 Å². The number of ether oxygens (including phenoxy) is 1. The zero-order valence-electron chi connectivity index (χ0n) is 11.8. The molecule has 0 bridgehead atoms. The van der Waals surface area contributed by atoms with Crippen LogP contribution in [0.15, 0.2) is 0 Å². The Labute approximate surface area is 106 Å². The van der Waals surface area contributed by atoms with Gasteiger partial charge in [0.1, 0.15) is 0 Å². The van der Waals surface area contributed by atoms with E-state index in [1.54, 1.807) is 0 Å². The van der Waals surface area contributed by atoms with Gasteiger partial charge in [-0.2, -0.15) is 0 Å². The molecule has 0 aromatic carbocycles. The van der Waals surface area contributed by atoms with Crippen LogP contribution in [-0.2, 0) is 4.74 Å². The minimum Gasteiger partial charge on any atom is -0.378 e. The number of hydrogen-bond acceptors (Lipinski definition) is 3. The highest BCUT2D eigenvalue weighted by atomic mass is 16.5. The zero-order chi connectivity index (χ0) is 12.4. The van der Waals surface area contributed by atoms with E-state index in [2.05, 4.69) is 38.0 Å². The third-order valence-corrected chi connectivity index (χ3v) is 4.93. The highest BCUT2D eigenvalue weighted by Crippen LogP contribution is 2.34. The summed E-state index contributed by atoms with van der Waals surface area (Å²) >= 11 is 0. The van der Waals surface area contributed by atoms with E-state index in [0.29, 0.717) is 18.2 Å². The monoisotopic (exact) mass is 240 g/mol. The third-order valence-electron chi connectivity index (χ3n) is 4.93. The van der Waals surface area contributed by atoms with Crippen molar-refractivity contribution in [2.45, 2.75) is 64.3 Å². The van der Waals surface area contributed by atoms with Crippen LogP contribution in [0.1, 0.15) is 40.0 Å². The fourth-order valence-electron chi connectivity index (χ4n) is 3.50. The van der Waals surface area contributed by atoms with Crippen LogP contribution in [0.2, 0.25) is 0 Å². The van der Waals surface area contributed by atoms with Gasteiger partial charge in [-0.15, -0.1) is 0 Å². The lowest BCUT2D eigenvalue weighted by molar-refractivity contribution is -0.0730. The second-order valence-electron chi connectivity index (χ2n) is 5.72. The summed E-state index contributed by atoms with van der Waals surface area (Å²) in [7, 11) is 2.10. The molecule has 2 aliphatic rings. The highest BCUT2D eigenvalue weighted by Gasteiger charge is 2.40. The molecule has 2 rings (SSSR count). The highest BCUT2D eigenvalue weighted by molar-refractivity contribution is 4.96. The molecule has 1 aliphatic carbocycles. The first-order valence-electron chi connectivity index (χ1n) is 7.22. The van der Waals surface area contributed by atoms with Gasteiger partial charge in [-0.3, -0.25) is 4.90 Å². The fraction of sp³-hybridized carbons (Fsp3) is 1.00. The molecule has 0 aromatic rings. The Bertz CT molecular complexity index is 240. The van der Waals surface area contributed by atoms with Crippen LogP contribution in [0, 0.1) is 5.92 Å². The molecule has 100 valence electrons. The largest absolute Gasteiger partial charge is 0.378 e. The summed E-state index contributed by atoms with van der Waals surface area (Å²) in [5.41, 5.74) is 0. The molecule has 3 unspecified atom stereocenters. The molecule has 0 radical (unpaired) electrons. The average molecular weight is 240 g/mol. The summed E-state index contributed by atoms with van der Waals surface area (Å²) in [4.78, 5) is 2.72. The van der Waals surface area contributed by atoms with Crippen molar-refractivity contribution in [3.05, 3.63) is 0 Å². The van der Waals surface area contributed by atoms with E-state index in [0.717, 1.165) is 18.6 Å². The van der Waals surface area contributed by atoms with Crippen LogP contribution >= 0.6 is 0 Å². The summed E-state index contributed by atoms with van der Waals surface area (Å²) in [6.45, 7) is 8.99. The molecule has 3 heteroatoms. The van der Waals surface area contributed by atoms with Crippen molar-refractivity contribution in [3.63, 3.8) is 0 Å². The molecule has 0 spiro atoms. The Morgan fingerprint density at radius 1 is 1.29 bits per heavy atom. The van der Waals surface area contributed by atoms with Crippen molar-refractivity contribution in [2.24, 2.45) is 5.92 Å². The second-order valence-corrected chi connectivity index (χ2v) is 5.72. The van der Waals surface area contributed by atoms with Gasteiger partial charge in [0.15, 0.2) is 0 Å². The quantitative estimate of drug-likeness (QED) is 0.812. The lowest BCUT2D eigenvalue weighted by atomic mass is 9.80. The second kappa shape index (κ2) is 5.68. The van der Waals surface area contributed by atoms with E-state index in [1.807, 2.05) is 0 Å². The molecule has 1 saturated carbocycles. The minimum atomic E-state index is 0.537. The van der Waals surface area contributed by atoms with Gasteiger partial charge in [-0.1, -0.05) is 6.92 Å². The summed E-state index contributed by atoms with van der Waals surface area (Å²) < 4.78 is 5.66. The molecule has 17 heavy (non-hydrogen) atoms. The van der Waals surface area contributed by atoms with Crippen LogP contribution < -0.4 is 5.32 Å².